The number of hydrogen-bond donors (Lipinski definition) is 2. The molecule has 0 spiro atoms. The fourth-order valence-electron chi connectivity index (χ4n) is 4.58. The molecule has 0 aliphatic carbocycles. The van der Waals surface area contributed by atoms with Crippen LogP contribution in [0.5, 0.6) is 0 Å². The minimum absolute atomic E-state index is 0.234. The molecule has 0 bridgehead atoms. The molecule has 0 aromatic heterocycles. The van der Waals surface area contributed by atoms with Crippen molar-refractivity contribution in [1.29, 1.82) is 5.26 Å². The molecule has 8 nitrogen and oxygen atoms in total. The van der Waals surface area contributed by atoms with E-state index in [-0.39, 0.29) is 12.3 Å². The van der Waals surface area contributed by atoms with Gasteiger partial charge in [0.2, 0.25) is 6.17 Å². The van der Waals surface area contributed by atoms with E-state index in [9.17, 15) is 19.6 Å². The standard InChI is InChI=1S/C32H25N5O3/c1-21-10-5-6-15-25(21)28(38)20-37-27-17-8-7-16-26(27)29(23-12-3-2-4-13-23)35-30(31(37)39)36-32(40)34-24-14-9-11-22(18-24)19-33/h2-18,30H,20H2,1H3,(H2,34,36,40). The molecule has 3 amide bonds. The van der Waals surface area contributed by atoms with Crippen molar-refractivity contribution in [2.24, 2.45) is 4.99 Å². The molecule has 0 saturated carbocycles. The average Bonchev–Trinajstić information content (AvgIpc) is 3.08. The van der Waals surface area contributed by atoms with E-state index >= 15 is 0 Å². The molecule has 0 radical (unpaired) electrons. The van der Waals surface area contributed by atoms with Crippen LogP contribution < -0.4 is 15.5 Å². The molecule has 1 aliphatic rings. The van der Waals surface area contributed by atoms with Crippen LogP contribution in [0.15, 0.2) is 108 Å². The molecule has 0 fully saturated rings. The number of anilines is 2. The fraction of sp³-hybridized carbons (Fsp3) is 0.0938. The number of aryl methyl sites for hydroxylation is 1. The number of benzene rings is 4. The van der Waals surface area contributed by atoms with E-state index in [0.717, 1.165) is 11.1 Å². The highest BCUT2D eigenvalue weighted by atomic mass is 16.2. The van der Waals surface area contributed by atoms with E-state index in [1.165, 1.54) is 11.0 Å². The number of Topliss-reactive ketones (excluding diaryl/α,β-unsaturated/α-hetero) is 1. The highest BCUT2D eigenvalue weighted by Crippen LogP contribution is 2.29. The molecular weight excluding hydrogens is 502 g/mol. The van der Waals surface area contributed by atoms with Crippen molar-refractivity contribution in [3.05, 3.63) is 131 Å². The monoisotopic (exact) mass is 527 g/mol. The maximum atomic E-state index is 14.0. The van der Waals surface area contributed by atoms with Gasteiger partial charge in [0.25, 0.3) is 5.91 Å². The van der Waals surface area contributed by atoms with Crippen LogP contribution in [0.4, 0.5) is 16.2 Å². The number of fused-ring (bicyclic) bond motifs is 1. The third-order valence-electron chi connectivity index (χ3n) is 6.52. The molecule has 1 aliphatic heterocycles. The summed E-state index contributed by atoms with van der Waals surface area (Å²) >= 11 is 0. The number of benzodiazepines with no additional fused rings is 1. The van der Waals surface area contributed by atoms with Crippen molar-refractivity contribution in [2.45, 2.75) is 13.1 Å². The van der Waals surface area contributed by atoms with Gasteiger partial charge in [-0.2, -0.15) is 5.26 Å². The van der Waals surface area contributed by atoms with Crippen molar-refractivity contribution in [2.75, 3.05) is 16.8 Å². The van der Waals surface area contributed by atoms with E-state index in [4.69, 9.17) is 4.99 Å². The van der Waals surface area contributed by atoms with Crippen LogP contribution in [0.2, 0.25) is 0 Å². The first-order valence-corrected chi connectivity index (χ1v) is 12.6. The number of amides is 3. The highest BCUT2D eigenvalue weighted by molar-refractivity contribution is 6.21. The van der Waals surface area contributed by atoms with E-state index < -0.39 is 18.1 Å². The molecule has 4 aromatic rings. The van der Waals surface area contributed by atoms with Crippen LogP contribution in [0.3, 0.4) is 0 Å². The van der Waals surface area contributed by atoms with Gasteiger partial charge in [0.15, 0.2) is 5.78 Å². The largest absolute Gasteiger partial charge is 0.321 e. The van der Waals surface area contributed by atoms with E-state index in [1.54, 1.807) is 42.5 Å². The summed E-state index contributed by atoms with van der Waals surface area (Å²) in [6.45, 7) is 1.61. The number of hydrogen-bond acceptors (Lipinski definition) is 5. The van der Waals surface area contributed by atoms with Gasteiger partial charge in [0.05, 0.1) is 29.6 Å². The molecular formula is C32H25N5O3. The van der Waals surface area contributed by atoms with Gasteiger partial charge in [-0.15, -0.1) is 0 Å². The van der Waals surface area contributed by atoms with Gasteiger partial charge in [-0.25, -0.2) is 9.79 Å². The summed E-state index contributed by atoms with van der Waals surface area (Å²) in [4.78, 5) is 46.6. The molecule has 4 aromatic carbocycles. The predicted octanol–water partition coefficient (Wildman–Crippen LogP) is 5.08. The summed E-state index contributed by atoms with van der Waals surface area (Å²) in [7, 11) is 0. The molecule has 40 heavy (non-hydrogen) atoms. The Morgan fingerprint density at radius 1 is 0.925 bits per heavy atom. The van der Waals surface area contributed by atoms with Gasteiger partial charge in [-0.05, 0) is 36.8 Å². The Morgan fingerprint density at radius 2 is 1.65 bits per heavy atom. The Labute approximate surface area is 231 Å². The van der Waals surface area contributed by atoms with Gasteiger partial charge in [0, 0.05) is 22.4 Å². The summed E-state index contributed by atoms with van der Waals surface area (Å²) in [5.41, 5.74) is 4.52. The van der Waals surface area contributed by atoms with Crippen LogP contribution in [-0.4, -0.2) is 36.1 Å². The lowest BCUT2D eigenvalue weighted by atomic mass is 9.99. The van der Waals surface area contributed by atoms with Crippen molar-refractivity contribution < 1.29 is 14.4 Å². The van der Waals surface area contributed by atoms with Crippen LogP contribution in [0, 0.1) is 18.3 Å². The van der Waals surface area contributed by atoms with Crippen molar-refractivity contribution in [3.63, 3.8) is 0 Å². The number of rotatable bonds is 6. The minimum Gasteiger partial charge on any atom is -0.308 e. The second kappa shape index (κ2) is 11.5. The second-order valence-electron chi connectivity index (χ2n) is 9.22. The Kier molecular flexibility index (Phi) is 7.47. The Balaban J connectivity index is 1.54. The topological polar surface area (TPSA) is 115 Å². The highest BCUT2D eigenvalue weighted by Gasteiger charge is 2.34. The Morgan fingerprint density at radius 3 is 2.42 bits per heavy atom. The number of para-hydroxylation sites is 1. The molecule has 1 unspecified atom stereocenters. The van der Waals surface area contributed by atoms with Crippen molar-refractivity contribution in [3.8, 4) is 6.07 Å². The van der Waals surface area contributed by atoms with Crippen LogP contribution >= 0.6 is 0 Å². The molecule has 196 valence electrons. The number of urea groups is 1. The number of aliphatic imine (C=N–C) groups is 1. The summed E-state index contributed by atoms with van der Waals surface area (Å²) < 4.78 is 0. The zero-order chi connectivity index (χ0) is 28.1. The fourth-order valence-corrected chi connectivity index (χ4v) is 4.58. The first-order valence-electron chi connectivity index (χ1n) is 12.6. The van der Waals surface area contributed by atoms with Gasteiger partial charge in [-0.3, -0.25) is 9.59 Å². The lowest BCUT2D eigenvalue weighted by Crippen LogP contribution is -2.50. The first-order chi connectivity index (χ1) is 19.4. The summed E-state index contributed by atoms with van der Waals surface area (Å²) in [5.74, 6) is -0.790. The van der Waals surface area contributed by atoms with Crippen molar-refractivity contribution in [1.82, 2.24) is 5.32 Å². The number of nitrogens with one attached hydrogen (secondary N) is 2. The number of nitrogens with zero attached hydrogens (tertiary/aromatic N) is 3. The molecule has 8 heteroatoms. The number of ketones is 1. The lowest BCUT2D eigenvalue weighted by molar-refractivity contribution is -0.120. The number of nitriles is 1. The second-order valence-corrected chi connectivity index (χ2v) is 9.22. The third-order valence-corrected chi connectivity index (χ3v) is 6.52. The summed E-state index contributed by atoms with van der Waals surface area (Å²) in [6, 6.07) is 31.6. The Bertz CT molecular complexity index is 1670. The molecule has 1 heterocycles. The quantitative estimate of drug-likeness (QED) is 0.340. The minimum atomic E-state index is -1.33. The lowest BCUT2D eigenvalue weighted by Gasteiger charge is -2.25. The normalized spacial score (nSPS) is 14.3. The maximum Gasteiger partial charge on any atom is 0.321 e. The molecule has 2 N–H and O–H groups in total. The van der Waals surface area contributed by atoms with Gasteiger partial charge >= 0.3 is 6.03 Å². The van der Waals surface area contributed by atoms with E-state index in [0.29, 0.717) is 33.8 Å². The SMILES string of the molecule is Cc1ccccc1C(=O)CN1C(=O)C(NC(=O)Nc2cccc(C#N)c2)N=C(c2ccccc2)c2ccccc21. The van der Waals surface area contributed by atoms with Crippen LogP contribution in [0.25, 0.3) is 0 Å². The van der Waals surface area contributed by atoms with Gasteiger partial charge in [0.1, 0.15) is 0 Å². The van der Waals surface area contributed by atoms with Crippen LogP contribution in [0.1, 0.15) is 32.6 Å². The van der Waals surface area contributed by atoms with Crippen LogP contribution in [-0.2, 0) is 4.79 Å². The third kappa shape index (κ3) is 5.49. The molecule has 1 atom stereocenters. The summed E-state index contributed by atoms with van der Waals surface area (Å²) in [5, 5.41) is 14.5. The molecule has 0 saturated heterocycles. The van der Waals surface area contributed by atoms with E-state index in [2.05, 4.69) is 10.6 Å². The zero-order valence-electron chi connectivity index (χ0n) is 21.7. The van der Waals surface area contributed by atoms with E-state index in [1.807, 2.05) is 67.6 Å². The van der Waals surface area contributed by atoms with Gasteiger partial charge < -0.3 is 15.5 Å². The van der Waals surface area contributed by atoms with Crippen molar-refractivity contribution >= 4 is 34.8 Å². The predicted molar refractivity (Wildman–Crippen MR) is 153 cm³/mol. The Hall–Kier alpha value is -5.55. The average molecular weight is 528 g/mol. The smallest absolute Gasteiger partial charge is 0.308 e. The zero-order valence-corrected chi connectivity index (χ0v) is 21.7. The van der Waals surface area contributed by atoms with Gasteiger partial charge in [-0.1, -0.05) is 78.9 Å². The number of carbonyl (C=O) groups excluding carboxylic acids is 3. The molecule has 5 rings (SSSR count). The number of carbonyl (C=O) groups is 3. The first kappa shape index (κ1) is 26.1. The summed E-state index contributed by atoms with van der Waals surface area (Å²) in [6.07, 6.45) is -1.33. The maximum absolute atomic E-state index is 14.0.